The summed E-state index contributed by atoms with van der Waals surface area (Å²) in [6, 6.07) is 0.135. The van der Waals surface area contributed by atoms with Crippen LogP contribution >= 0.6 is 0 Å². The first-order valence-corrected chi connectivity index (χ1v) is 8.06. The maximum Gasteiger partial charge on any atom is 0.225 e. The minimum atomic E-state index is -0.271. The molecular weight excluding hydrogens is 292 g/mol. The highest BCUT2D eigenvalue weighted by Gasteiger charge is 2.35. The lowest BCUT2D eigenvalue weighted by Gasteiger charge is -2.22. The molecule has 1 N–H and O–H groups in total. The second kappa shape index (κ2) is 6.64. The highest BCUT2D eigenvalue weighted by atomic mass is 16.2. The normalized spacial score (nSPS) is 18.6. The van der Waals surface area contributed by atoms with E-state index in [1.807, 2.05) is 13.8 Å². The number of nitrogens with zero attached hydrogens (tertiary/aromatic N) is 3. The zero-order valence-electron chi connectivity index (χ0n) is 14.6. The molecule has 1 aromatic rings. The molecule has 0 spiro atoms. The van der Waals surface area contributed by atoms with E-state index in [0.29, 0.717) is 19.5 Å². The fraction of sp³-hybridized carbons (Fsp3) is 0.647. The first-order valence-electron chi connectivity index (χ1n) is 8.06. The number of rotatable bonds is 4. The standard InChI is InChI=1S/C17H26N4O2/c1-11(2)21-9-12(6-14(21)22)16(23)19-8-13-7-18-10-20-15(13)17(3,4)5/h7,10-12H,6,8-9H2,1-5H3,(H,19,23). The maximum absolute atomic E-state index is 12.4. The number of hydrogen-bond donors (Lipinski definition) is 1. The van der Waals surface area contributed by atoms with Gasteiger partial charge in [0.1, 0.15) is 6.33 Å². The van der Waals surface area contributed by atoms with Crippen molar-refractivity contribution in [3.63, 3.8) is 0 Å². The summed E-state index contributed by atoms with van der Waals surface area (Å²) >= 11 is 0. The number of aromatic nitrogens is 2. The Bertz CT molecular complexity index is 593. The quantitative estimate of drug-likeness (QED) is 0.916. The lowest BCUT2D eigenvalue weighted by molar-refractivity contribution is -0.130. The molecule has 1 atom stereocenters. The van der Waals surface area contributed by atoms with Crippen LogP contribution in [0.2, 0.25) is 0 Å². The molecule has 1 unspecified atom stereocenters. The van der Waals surface area contributed by atoms with Crippen molar-refractivity contribution < 1.29 is 9.59 Å². The first-order chi connectivity index (χ1) is 10.7. The van der Waals surface area contributed by atoms with Gasteiger partial charge in [0.2, 0.25) is 11.8 Å². The van der Waals surface area contributed by atoms with Crippen molar-refractivity contribution in [2.45, 2.75) is 59.0 Å². The zero-order chi connectivity index (χ0) is 17.2. The molecular formula is C17H26N4O2. The monoisotopic (exact) mass is 318 g/mol. The van der Waals surface area contributed by atoms with Crippen LogP contribution < -0.4 is 5.32 Å². The van der Waals surface area contributed by atoms with Crippen molar-refractivity contribution in [3.8, 4) is 0 Å². The zero-order valence-corrected chi connectivity index (χ0v) is 14.6. The molecule has 6 heteroatoms. The van der Waals surface area contributed by atoms with E-state index >= 15 is 0 Å². The van der Waals surface area contributed by atoms with Gasteiger partial charge in [-0.05, 0) is 13.8 Å². The number of amides is 2. The Morgan fingerprint density at radius 1 is 1.43 bits per heavy atom. The van der Waals surface area contributed by atoms with Crippen molar-refractivity contribution in [1.29, 1.82) is 0 Å². The highest BCUT2D eigenvalue weighted by molar-refractivity contribution is 5.89. The van der Waals surface area contributed by atoms with Crippen LogP contribution in [0.15, 0.2) is 12.5 Å². The largest absolute Gasteiger partial charge is 0.352 e. The minimum absolute atomic E-state index is 0.0542. The molecule has 1 saturated heterocycles. The van der Waals surface area contributed by atoms with E-state index in [2.05, 4.69) is 36.1 Å². The second-order valence-corrected chi connectivity index (χ2v) is 7.41. The van der Waals surface area contributed by atoms with Gasteiger partial charge in [-0.2, -0.15) is 0 Å². The second-order valence-electron chi connectivity index (χ2n) is 7.41. The van der Waals surface area contributed by atoms with Crippen LogP contribution in [0.3, 0.4) is 0 Å². The Morgan fingerprint density at radius 2 is 2.13 bits per heavy atom. The van der Waals surface area contributed by atoms with Crippen molar-refractivity contribution in [1.82, 2.24) is 20.2 Å². The SMILES string of the molecule is CC(C)N1CC(C(=O)NCc2cncnc2C(C)(C)C)CC1=O. The summed E-state index contributed by atoms with van der Waals surface area (Å²) in [6.07, 6.45) is 3.57. The van der Waals surface area contributed by atoms with Gasteiger partial charge in [0.05, 0.1) is 11.6 Å². The fourth-order valence-corrected chi connectivity index (χ4v) is 2.90. The van der Waals surface area contributed by atoms with Crippen LogP contribution in [0.25, 0.3) is 0 Å². The summed E-state index contributed by atoms with van der Waals surface area (Å²) in [7, 11) is 0. The summed E-state index contributed by atoms with van der Waals surface area (Å²) in [5.74, 6) is -0.295. The Labute approximate surface area is 137 Å². The highest BCUT2D eigenvalue weighted by Crippen LogP contribution is 2.23. The van der Waals surface area contributed by atoms with E-state index in [0.717, 1.165) is 11.3 Å². The average Bonchev–Trinajstić information content (AvgIpc) is 2.86. The topological polar surface area (TPSA) is 75.2 Å². The van der Waals surface area contributed by atoms with Gasteiger partial charge in [-0.3, -0.25) is 9.59 Å². The molecule has 126 valence electrons. The van der Waals surface area contributed by atoms with E-state index in [1.54, 1.807) is 11.1 Å². The molecule has 0 radical (unpaired) electrons. The van der Waals surface area contributed by atoms with Gasteiger partial charge in [-0.1, -0.05) is 20.8 Å². The third-order valence-corrected chi connectivity index (χ3v) is 4.10. The predicted molar refractivity (Wildman–Crippen MR) is 87.5 cm³/mol. The minimum Gasteiger partial charge on any atom is -0.352 e. The summed E-state index contributed by atoms with van der Waals surface area (Å²) < 4.78 is 0. The van der Waals surface area contributed by atoms with Gasteiger partial charge >= 0.3 is 0 Å². The number of likely N-dealkylation sites (tertiary alicyclic amines) is 1. The molecule has 2 rings (SSSR count). The Balaban J connectivity index is 2.00. The van der Waals surface area contributed by atoms with Crippen molar-refractivity contribution >= 4 is 11.8 Å². The van der Waals surface area contributed by atoms with Crippen LogP contribution in [0.5, 0.6) is 0 Å². The number of carbonyl (C=O) groups is 2. The summed E-state index contributed by atoms with van der Waals surface area (Å²) in [5.41, 5.74) is 1.73. The van der Waals surface area contributed by atoms with E-state index in [9.17, 15) is 9.59 Å². The smallest absolute Gasteiger partial charge is 0.225 e. The predicted octanol–water partition coefficient (Wildman–Crippen LogP) is 1.65. The van der Waals surface area contributed by atoms with Gasteiger partial charge in [0.25, 0.3) is 0 Å². The van der Waals surface area contributed by atoms with Gasteiger partial charge in [-0.25, -0.2) is 9.97 Å². The molecule has 2 amide bonds. The molecule has 0 saturated carbocycles. The van der Waals surface area contributed by atoms with Crippen LogP contribution in [-0.4, -0.2) is 39.3 Å². The van der Waals surface area contributed by atoms with E-state index in [1.165, 1.54) is 6.33 Å². The van der Waals surface area contributed by atoms with Crippen LogP contribution in [0.4, 0.5) is 0 Å². The third-order valence-electron chi connectivity index (χ3n) is 4.10. The van der Waals surface area contributed by atoms with Crippen LogP contribution in [0.1, 0.15) is 52.3 Å². The van der Waals surface area contributed by atoms with Gasteiger partial charge in [0, 0.05) is 42.7 Å². The molecule has 0 bridgehead atoms. The molecule has 1 aliphatic rings. The van der Waals surface area contributed by atoms with Crippen LogP contribution in [0, 0.1) is 5.92 Å². The molecule has 0 aromatic carbocycles. The van der Waals surface area contributed by atoms with E-state index in [4.69, 9.17) is 0 Å². The fourth-order valence-electron chi connectivity index (χ4n) is 2.90. The van der Waals surface area contributed by atoms with Crippen molar-refractivity contribution in [2.75, 3.05) is 6.54 Å². The van der Waals surface area contributed by atoms with Gasteiger partial charge in [-0.15, -0.1) is 0 Å². The molecule has 0 aliphatic carbocycles. The molecule has 1 fully saturated rings. The average molecular weight is 318 g/mol. The maximum atomic E-state index is 12.4. The summed E-state index contributed by atoms with van der Waals surface area (Å²) in [5, 5.41) is 2.94. The summed E-state index contributed by atoms with van der Waals surface area (Å²) in [4.78, 5) is 34.4. The molecule has 6 nitrogen and oxygen atoms in total. The number of carbonyl (C=O) groups excluding carboxylic acids is 2. The van der Waals surface area contributed by atoms with E-state index < -0.39 is 0 Å². The lowest BCUT2D eigenvalue weighted by Crippen LogP contribution is -2.35. The first kappa shape index (κ1) is 17.4. The molecule has 1 aromatic heterocycles. The van der Waals surface area contributed by atoms with Crippen molar-refractivity contribution in [2.24, 2.45) is 5.92 Å². The Hall–Kier alpha value is -1.98. The molecule has 2 heterocycles. The Morgan fingerprint density at radius 3 is 2.70 bits per heavy atom. The number of hydrogen-bond acceptors (Lipinski definition) is 4. The molecule has 1 aliphatic heterocycles. The van der Waals surface area contributed by atoms with E-state index in [-0.39, 0.29) is 29.2 Å². The number of nitrogens with one attached hydrogen (secondary N) is 1. The van der Waals surface area contributed by atoms with Gasteiger partial charge < -0.3 is 10.2 Å². The van der Waals surface area contributed by atoms with Gasteiger partial charge in [0.15, 0.2) is 0 Å². The Kier molecular flexibility index (Phi) is 5.02. The van der Waals surface area contributed by atoms with Crippen LogP contribution in [-0.2, 0) is 21.5 Å². The summed E-state index contributed by atoms with van der Waals surface area (Å²) in [6.45, 7) is 11.1. The lowest BCUT2D eigenvalue weighted by atomic mass is 9.89. The molecule has 23 heavy (non-hydrogen) atoms. The third kappa shape index (κ3) is 4.06. The van der Waals surface area contributed by atoms with Crippen molar-refractivity contribution in [3.05, 3.63) is 23.8 Å².